The molecule has 1 N–H and O–H groups in total. The van der Waals surface area contributed by atoms with E-state index in [9.17, 15) is 4.79 Å². The largest absolute Gasteiger partial charge is 0.361 e. The summed E-state index contributed by atoms with van der Waals surface area (Å²) in [7, 11) is 0. The normalized spacial score (nSPS) is 12.4. The van der Waals surface area contributed by atoms with E-state index in [1.54, 1.807) is 6.92 Å². The van der Waals surface area contributed by atoms with Gasteiger partial charge in [-0.1, -0.05) is 18.5 Å². The first-order valence-corrected chi connectivity index (χ1v) is 5.97. The third-order valence-electron chi connectivity index (χ3n) is 2.64. The Morgan fingerprint density at radius 3 is 2.94 bits per heavy atom. The molecule has 1 aromatic heterocycles. The summed E-state index contributed by atoms with van der Waals surface area (Å²) in [5.41, 5.74) is 0.501. The molecule has 1 atom stereocenters. The molecule has 1 rings (SSSR count). The molecule has 4 nitrogen and oxygen atoms in total. The lowest BCUT2D eigenvalue weighted by Crippen LogP contribution is -2.29. The Hall–Kier alpha value is -1.03. The van der Waals surface area contributed by atoms with Crippen LogP contribution in [-0.2, 0) is 0 Å². The number of aromatic nitrogens is 1. The number of halogens is 1. The summed E-state index contributed by atoms with van der Waals surface area (Å²) >= 11 is 5.68. The van der Waals surface area contributed by atoms with Crippen LogP contribution in [0.25, 0.3) is 0 Å². The summed E-state index contributed by atoms with van der Waals surface area (Å²) < 4.78 is 4.83. The lowest BCUT2D eigenvalue weighted by molar-refractivity contribution is 0.0945. The zero-order valence-corrected chi connectivity index (χ0v) is 10.4. The molecular weight excluding hydrogens is 228 g/mol. The predicted molar refractivity (Wildman–Crippen MR) is 62.7 cm³/mol. The molecule has 1 heterocycles. The molecule has 0 saturated carbocycles. The standard InChI is InChI=1S/C11H17ClN2O2/c1-3-9(4-5-12)6-13-11(15)10-7-14-16-8(10)2/h7,9H,3-6H2,1-2H3,(H,13,15). The number of carbonyl (C=O) groups is 1. The van der Waals surface area contributed by atoms with Gasteiger partial charge in [0.15, 0.2) is 0 Å². The minimum atomic E-state index is -0.133. The number of nitrogens with one attached hydrogen (secondary N) is 1. The second-order valence-corrected chi connectivity index (χ2v) is 4.14. The van der Waals surface area contributed by atoms with Crippen LogP contribution in [-0.4, -0.2) is 23.5 Å². The molecule has 1 amide bonds. The van der Waals surface area contributed by atoms with E-state index in [1.807, 2.05) is 0 Å². The quantitative estimate of drug-likeness (QED) is 0.782. The van der Waals surface area contributed by atoms with E-state index in [2.05, 4.69) is 17.4 Å². The molecule has 0 aliphatic heterocycles. The Labute approximate surface area is 100 Å². The molecule has 16 heavy (non-hydrogen) atoms. The third kappa shape index (κ3) is 3.52. The van der Waals surface area contributed by atoms with E-state index in [4.69, 9.17) is 16.1 Å². The fraction of sp³-hybridized carbons (Fsp3) is 0.636. The molecule has 90 valence electrons. The highest BCUT2D eigenvalue weighted by Gasteiger charge is 2.14. The number of rotatable bonds is 6. The molecule has 1 unspecified atom stereocenters. The molecular formula is C11H17ClN2O2. The molecule has 0 bridgehead atoms. The minimum absolute atomic E-state index is 0.133. The maximum Gasteiger partial charge on any atom is 0.256 e. The van der Waals surface area contributed by atoms with Crippen LogP contribution < -0.4 is 5.32 Å². The molecule has 0 radical (unpaired) electrons. The molecule has 0 saturated heterocycles. The second-order valence-electron chi connectivity index (χ2n) is 3.76. The Bertz CT molecular complexity index is 338. The van der Waals surface area contributed by atoms with Gasteiger partial charge in [0.1, 0.15) is 11.3 Å². The van der Waals surface area contributed by atoms with Crippen molar-refractivity contribution in [3.05, 3.63) is 17.5 Å². The second kappa shape index (κ2) is 6.53. The lowest BCUT2D eigenvalue weighted by Gasteiger charge is -2.13. The number of hydrogen-bond donors (Lipinski definition) is 1. The van der Waals surface area contributed by atoms with E-state index in [-0.39, 0.29) is 5.91 Å². The van der Waals surface area contributed by atoms with Gasteiger partial charge in [0.05, 0.1) is 6.20 Å². The summed E-state index contributed by atoms with van der Waals surface area (Å²) in [6.07, 6.45) is 3.36. The van der Waals surface area contributed by atoms with Gasteiger partial charge in [-0.15, -0.1) is 11.6 Å². The maximum absolute atomic E-state index is 11.7. The molecule has 0 aromatic carbocycles. The van der Waals surface area contributed by atoms with Crippen LogP contribution >= 0.6 is 11.6 Å². The van der Waals surface area contributed by atoms with E-state index in [0.29, 0.717) is 29.7 Å². The molecule has 0 aliphatic carbocycles. The van der Waals surface area contributed by atoms with Gasteiger partial charge in [0.25, 0.3) is 5.91 Å². The Kier molecular flexibility index (Phi) is 5.32. The van der Waals surface area contributed by atoms with Crippen LogP contribution in [0, 0.1) is 12.8 Å². The highest BCUT2D eigenvalue weighted by molar-refractivity contribution is 6.17. The van der Waals surface area contributed by atoms with Crippen molar-refractivity contribution in [2.45, 2.75) is 26.7 Å². The monoisotopic (exact) mass is 244 g/mol. The van der Waals surface area contributed by atoms with Gasteiger partial charge in [-0.05, 0) is 19.3 Å². The van der Waals surface area contributed by atoms with Crippen molar-refractivity contribution in [3.8, 4) is 0 Å². The van der Waals surface area contributed by atoms with Crippen molar-refractivity contribution in [1.82, 2.24) is 10.5 Å². The van der Waals surface area contributed by atoms with Crippen LogP contribution in [0.3, 0.4) is 0 Å². The highest BCUT2D eigenvalue weighted by Crippen LogP contribution is 2.09. The zero-order chi connectivity index (χ0) is 12.0. The molecule has 5 heteroatoms. The van der Waals surface area contributed by atoms with Crippen molar-refractivity contribution in [1.29, 1.82) is 0 Å². The first kappa shape index (κ1) is 13.0. The Morgan fingerprint density at radius 2 is 2.44 bits per heavy atom. The Balaban J connectivity index is 2.43. The van der Waals surface area contributed by atoms with Crippen LogP contribution in [0.4, 0.5) is 0 Å². The first-order chi connectivity index (χ1) is 7.69. The van der Waals surface area contributed by atoms with Gasteiger partial charge in [-0.2, -0.15) is 0 Å². The summed E-state index contributed by atoms with van der Waals surface area (Å²) in [5, 5.41) is 6.43. The maximum atomic E-state index is 11.7. The minimum Gasteiger partial charge on any atom is -0.361 e. The van der Waals surface area contributed by atoms with Crippen LogP contribution in [0.1, 0.15) is 35.9 Å². The van der Waals surface area contributed by atoms with Crippen LogP contribution in [0.5, 0.6) is 0 Å². The SMILES string of the molecule is CCC(CCCl)CNC(=O)c1cnoc1C. The Morgan fingerprint density at radius 1 is 1.69 bits per heavy atom. The highest BCUT2D eigenvalue weighted by atomic mass is 35.5. The van der Waals surface area contributed by atoms with Gasteiger partial charge in [0.2, 0.25) is 0 Å². The smallest absolute Gasteiger partial charge is 0.256 e. The first-order valence-electron chi connectivity index (χ1n) is 5.44. The fourth-order valence-electron chi connectivity index (χ4n) is 1.45. The summed E-state index contributed by atoms with van der Waals surface area (Å²) in [6, 6.07) is 0. The average Bonchev–Trinajstić information content (AvgIpc) is 2.70. The van der Waals surface area contributed by atoms with E-state index >= 15 is 0 Å². The summed E-state index contributed by atoms with van der Waals surface area (Å²) in [5.74, 6) is 1.47. The average molecular weight is 245 g/mol. The van der Waals surface area contributed by atoms with Crippen LogP contribution in [0.15, 0.2) is 10.7 Å². The van der Waals surface area contributed by atoms with Crippen molar-refractivity contribution in [2.75, 3.05) is 12.4 Å². The number of hydrogen-bond acceptors (Lipinski definition) is 3. The molecule has 0 fully saturated rings. The molecule has 0 spiro atoms. The number of alkyl halides is 1. The molecule has 1 aromatic rings. The fourth-order valence-corrected chi connectivity index (χ4v) is 1.76. The van der Waals surface area contributed by atoms with Crippen molar-refractivity contribution < 1.29 is 9.32 Å². The van der Waals surface area contributed by atoms with Gasteiger partial charge >= 0.3 is 0 Å². The van der Waals surface area contributed by atoms with Crippen molar-refractivity contribution in [2.24, 2.45) is 5.92 Å². The number of aryl methyl sites for hydroxylation is 1. The van der Waals surface area contributed by atoms with Crippen LogP contribution in [0.2, 0.25) is 0 Å². The zero-order valence-electron chi connectivity index (χ0n) is 9.62. The molecule has 0 aliphatic rings. The van der Waals surface area contributed by atoms with E-state index in [1.165, 1.54) is 6.20 Å². The van der Waals surface area contributed by atoms with Crippen molar-refractivity contribution in [3.63, 3.8) is 0 Å². The number of nitrogens with zero attached hydrogens (tertiary/aromatic N) is 1. The summed E-state index contributed by atoms with van der Waals surface area (Å²) in [4.78, 5) is 11.7. The van der Waals surface area contributed by atoms with Gasteiger partial charge < -0.3 is 9.84 Å². The van der Waals surface area contributed by atoms with Gasteiger partial charge in [-0.25, -0.2) is 0 Å². The number of carbonyl (C=O) groups excluding carboxylic acids is 1. The van der Waals surface area contributed by atoms with Gasteiger partial charge in [0, 0.05) is 12.4 Å². The summed E-state index contributed by atoms with van der Waals surface area (Å²) in [6.45, 7) is 4.46. The number of amides is 1. The third-order valence-corrected chi connectivity index (χ3v) is 2.86. The van der Waals surface area contributed by atoms with Gasteiger partial charge in [-0.3, -0.25) is 4.79 Å². The topological polar surface area (TPSA) is 55.1 Å². The van der Waals surface area contributed by atoms with E-state index in [0.717, 1.165) is 12.8 Å². The van der Waals surface area contributed by atoms with Crippen molar-refractivity contribution >= 4 is 17.5 Å². The predicted octanol–water partition coefficient (Wildman–Crippen LogP) is 2.37. The lowest BCUT2D eigenvalue weighted by atomic mass is 10.0. The van der Waals surface area contributed by atoms with E-state index < -0.39 is 0 Å².